The Morgan fingerprint density at radius 3 is 2.88 bits per heavy atom. The Kier molecular flexibility index (Phi) is 3.98. The molecule has 1 atom stereocenters. The van der Waals surface area contributed by atoms with Crippen molar-refractivity contribution in [2.45, 2.75) is 25.6 Å². The molecule has 1 aliphatic heterocycles. The van der Waals surface area contributed by atoms with E-state index in [9.17, 15) is 4.79 Å². The second-order valence-corrected chi connectivity index (χ2v) is 3.90. The Morgan fingerprint density at radius 2 is 2.18 bits per heavy atom. The summed E-state index contributed by atoms with van der Waals surface area (Å²) in [5, 5.41) is 0. The summed E-state index contributed by atoms with van der Waals surface area (Å²) >= 11 is 0. The third-order valence-corrected chi connectivity index (χ3v) is 2.69. The molecule has 1 heterocycles. The maximum Gasteiger partial charge on any atom is 0.341 e. The Morgan fingerprint density at radius 1 is 1.35 bits per heavy atom. The number of ether oxygens (including phenoxy) is 3. The van der Waals surface area contributed by atoms with Gasteiger partial charge < -0.3 is 14.2 Å². The highest BCUT2D eigenvalue weighted by Crippen LogP contribution is 2.23. The lowest BCUT2D eigenvalue weighted by Gasteiger charge is -2.24. The first-order valence-electron chi connectivity index (χ1n) is 5.77. The van der Waals surface area contributed by atoms with Crippen LogP contribution < -0.4 is 4.74 Å². The van der Waals surface area contributed by atoms with Gasteiger partial charge in [0.2, 0.25) is 0 Å². The van der Waals surface area contributed by atoms with Gasteiger partial charge in [-0.15, -0.1) is 0 Å². The van der Waals surface area contributed by atoms with Gasteiger partial charge in [0.15, 0.2) is 6.29 Å². The van der Waals surface area contributed by atoms with Crippen LogP contribution in [0.4, 0.5) is 0 Å². The first-order valence-corrected chi connectivity index (χ1v) is 5.77. The highest BCUT2D eigenvalue weighted by Gasteiger charge is 2.19. The highest BCUT2D eigenvalue weighted by molar-refractivity contribution is 5.92. The zero-order valence-corrected chi connectivity index (χ0v) is 9.85. The van der Waals surface area contributed by atoms with Crippen LogP contribution in [0.5, 0.6) is 5.75 Å². The van der Waals surface area contributed by atoms with Gasteiger partial charge in [0.1, 0.15) is 11.3 Å². The number of hydrogen-bond donors (Lipinski definition) is 0. The number of benzene rings is 1. The molecule has 92 valence electrons. The SMILES string of the molecule is COC(=O)c1ccccc1OC1CCCCO1. The van der Waals surface area contributed by atoms with Crippen molar-refractivity contribution in [3.63, 3.8) is 0 Å². The van der Waals surface area contributed by atoms with Crippen molar-refractivity contribution in [3.8, 4) is 5.75 Å². The molecule has 0 aromatic heterocycles. The van der Waals surface area contributed by atoms with Crippen molar-refractivity contribution >= 4 is 5.97 Å². The zero-order valence-electron chi connectivity index (χ0n) is 9.85. The number of esters is 1. The third kappa shape index (κ3) is 2.97. The molecule has 0 radical (unpaired) electrons. The summed E-state index contributed by atoms with van der Waals surface area (Å²) in [5.41, 5.74) is 0.434. The van der Waals surface area contributed by atoms with Crippen molar-refractivity contribution < 1.29 is 19.0 Å². The molecule has 1 aromatic rings. The van der Waals surface area contributed by atoms with Gasteiger partial charge in [-0.05, 0) is 25.0 Å². The maximum atomic E-state index is 11.5. The van der Waals surface area contributed by atoms with Crippen molar-refractivity contribution in [2.75, 3.05) is 13.7 Å². The van der Waals surface area contributed by atoms with Gasteiger partial charge in [-0.1, -0.05) is 12.1 Å². The van der Waals surface area contributed by atoms with Crippen LogP contribution in [0.2, 0.25) is 0 Å². The molecule has 0 aliphatic carbocycles. The predicted octanol–water partition coefficient (Wildman–Crippen LogP) is 2.38. The molecule has 0 N–H and O–H groups in total. The van der Waals surface area contributed by atoms with Gasteiger partial charge in [-0.2, -0.15) is 0 Å². The molecule has 1 fully saturated rings. The second kappa shape index (κ2) is 5.68. The molecule has 2 rings (SSSR count). The molecule has 0 saturated carbocycles. The van der Waals surface area contributed by atoms with Gasteiger partial charge in [-0.25, -0.2) is 4.79 Å². The number of methoxy groups -OCH3 is 1. The lowest BCUT2D eigenvalue weighted by Crippen LogP contribution is -2.25. The quantitative estimate of drug-likeness (QED) is 0.756. The van der Waals surface area contributed by atoms with E-state index in [4.69, 9.17) is 14.2 Å². The molecule has 4 heteroatoms. The number of rotatable bonds is 3. The van der Waals surface area contributed by atoms with Crippen LogP contribution in [0, 0.1) is 0 Å². The Hall–Kier alpha value is -1.55. The first-order chi connectivity index (χ1) is 8.31. The first kappa shape index (κ1) is 11.9. The topological polar surface area (TPSA) is 44.8 Å². The Bertz CT molecular complexity index is 383. The number of carbonyl (C=O) groups excluding carboxylic acids is 1. The zero-order chi connectivity index (χ0) is 12.1. The van der Waals surface area contributed by atoms with Gasteiger partial charge in [0, 0.05) is 6.42 Å². The van der Waals surface area contributed by atoms with E-state index in [1.54, 1.807) is 18.2 Å². The van der Waals surface area contributed by atoms with Crippen LogP contribution in [0.15, 0.2) is 24.3 Å². The number of carbonyl (C=O) groups is 1. The summed E-state index contributed by atoms with van der Waals surface area (Å²) < 4.78 is 15.9. The standard InChI is InChI=1S/C13H16O4/c1-15-13(14)10-6-2-3-7-11(10)17-12-8-4-5-9-16-12/h2-3,6-7,12H,4-5,8-9H2,1H3. The largest absolute Gasteiger partial charge is 0.465 e. The van der Waals surface area contributed by atoms with Crippen LogP contribution in [0.25, 0.3) is 0 Å². The van der Waals surface area contributed by atoms with E-state index >= 15 is 0 Å². The summed E-state index contributed by atoms with van der Waals surface area (Å²) in [6.45, 7) is 0.713. The summed E-state index contributed by atoms with van der Waals surface area (Å²) in [7, 11) is 1.36. The molecular weight excluding hydrogens is 220 g/mol. The molecule has 1 unspecified atom stereocenters. The molecule has 4 nitrogen and oxygen atoms in total. The van der Waals surface area contributed by atoms with Gasteiger partial charge in [-0.3, -0.25) is 0 Å². The molecule has 17 heavy (non-hydrogen) atoms. The predicted molar refractivity (Wildman–Crippen MR) is 62.0 cm³/mol. The number of para-hydroxylation sites is 1. The van der Waals surface area contributed by atoms with Crippen molar-refractivity contribution in [1.82, 2.24) is 0 Å². The van der Waals surface area contributed by atoms with E-state index < -0.39 is 5.97 Å². The lowest BCUT2D eigenvalue weighted by molar-refractivity contribution is -0.106. The Labute approximate surface area is 100 Å². The van der Waals surface area contributed by atoms with E-state index in [1.165, 1.54) is 7.11 Å². The minimum Gasteiger partial charge on any atom is -0.465 e. The molecule has 1 saturated heterocycles. The molecule has 0 spiro atoms. The summed E-state index contributed by atoms with van der Waals surface area (Å²) in [5.74, 6) is 0.127. The lowest BCUT2D eigenvalue weighted by atomic mass is 10.2. The van der Waals surface area contributed by atoms with Crippen molar-refractivity contribution in [2.24, 2.45) is 0 Å². The van der Waals surface area contributed by atoms with Crippen LogP contribution in [-0.2, 0) is 9.47 Å². The molecular formula is C13H16O4. The van der Waals surface area contributed by atoms with Gasteiger partial charge in [0.05, 0.1) is 13.7 Å². The van der Waals surface area contributed by atoms with E-state index in [-0.39, 0.29) is 6.29 Å². The van der Waals surface area contributed by atoms with Gasteiger partial charge in [0.25, 0.3) is 0 Å². The summed E-state index contributed by atoms with van der Waals surface area (Å²) in [6.07, 6.45) is 2.76. The Balaban J connectivity index is 2.11. The summed E-state index contributed by atoms with van der Waals surface area (Å²) in [6, 6.07) is 7.04. The van der Waals surface area contributed by atoms with E-state index in [2.05, 4.69) is 0 Å². The van der Waals surface area contributed by atoms with Crippen LogP contribution in [0.1, 0.15) is 29.6 Å². The fourth-order valence-electron chi connectivity index (χ4n) is 1.79. The van der Waals surface area contributed by atoms with Crippen LogP contribution in [-0.4, -0.2) is 26.0 Å². The van der Waals surface area contributed by atoms with Gasteiger partial charge >= 0.3 is 5.97 Å². The average molecular weight is 236 g/mol. The minimum atomic E-state index is -0.392. The van der Waals surface area contributed by atoms with Crippen LogP contribution >= 0.6 is 0 Å². The molecule has 0 amide bonds. The smallest absolute Gasteiger partial charge is 0.341 e. The third-order valence-electron chi connectivity index (χ3n) is 2.69. The van der Waals surface area contributed by atoms with E-state index in [0.717, 1.165) is 19.3 Å². The molecule has 0 bridgehead atoms. The normalized spacial score (nSPS) is 19.7. The minimum absolute atomic E-state index is 0.255. The highest BCUT2D eigenvalue weighted by atomic mass is 16.7. The average Bonchev–Trinajstić information content (AvgIpc) is 2.40. The van der Waals surface area contributed by atoms with Crippen LogP contribution in [0.3, 0.4) is 0 Å². The number of hydrogen-bond acceptors (Lipinski definition) is 4. The maximum absolute atomic E-state index is 11.5. The van der Waals surface area contributed by atoms with E-state index in [1.807, 2.05) is 6.07 Å². The fraction of sp³-hybridized carbons (Fsp3) is 0.462. The fourth-order valence-corrected chi connectivity index (χ4v) is 1.79. The summed E-state index contributed by atoms with van der Waals surface area (Å²) in [4.78, 5) is 11.5. The van der Waals surface area contributed by atoms with Crippen molar-refractivity contribution in [3.05, 3.63) is 29.8 Å². The second-order valence-electron chi connectivity index (χ2n) is 3.90. The van der Waals surface area contributed by atoms with Crippen molar-refractivity contribution in [1.29, 1.82) is 0 Å². The molecule has 1 aromatic carbocycles. The van der Waals surface area contributed by atoms with E-state index in [0.29, 0.717) is 17.9 Å². The molecule has 1 aliphatic rings. The monoisotopic (exact) mass is 236 g/mol.